The van der Waals surface area contributed by atoms with Crippen LogP contribution in [0.5, 0.6) is 11.5 Å². The third-order valence-corrected chi connectivity index (χ3v) is 3.84. The summed E-state index contributed by atoms with van der Waals surface area (Å²) in [6.07, 6.45) is 0.985. The predicted octanol–water partition coefficient (Wildman–Crippen LogP) is 3.52. The normalized spacial score (nSPS) is 10.4. The molecule has 0 saturated carbocycles. The van der Waals surface area contributed by atoms with E-state index < -0.39 is 0 Å². The van der Waals surface area contributed by atoms with Crippen LogP contribution < -0.4 is 14.8 Å². The highest BCUT2D eigenvalue weighted by Crippen LogP contribution is 2.18. The van der Waals surface area contributed by atoms with Crippen molar-refractivity contribution in [3.05, 3.63) is 36.1 Å². The van der Waals surface area contributed by atoms with Crippen LogP contribution >= 0.6 is 11.8 Å². The van der Waals surface area contributed by atoms with E-state index in [1.165, 1.54) is 11.8 Å². The van der Waals surface area contributed by atoms with Crippen molar-refractivity contribution in [1.82, 2.24) is 5.16 Å². The number of nitrogens with zero attached hydrogens (tertiary/aromatic N) is 1. The first kappa shape index (κ1) is 18.2. The van der Waals surface area contributed by atoms with Gasteiger partial charge in [0, 0.05) is 11.8 Å². The molecule has 0 unspecified atom stereocenters. The van der Waals surface area contributed by atoms with Gasteiger partial charge in [-0.1, -0.05) is 12.1 Å². The first-order valence-electron chi connectivity index (χ1n) is 7.84. The van der Waals surface area contributed by atoms with Gasteiger partial charge in [-0.3, -0.25) is 4.79 Å². The third-order valence-electron chi connectivity index (χ3n) is 2.92. The van der Waals surface area contributed by atoms with Crippen molar-refractivity contribution in [2.45, 2.75) is 20.3 Å². The zero-order valence-electron chi connectivity index (χ0n) is 13.9. The van der Waals surface area contributed by atoms with E-state index in [9.17, 15) is 4.79 Å². The lowest BCUT2D eigenvalue weighted by molar-refractivity contribution is -0.113. The molecule has 0 saturated heterocycles. The number of thioether (sulfide) groups is 1. The second-order valence-corrected chi connectivity index (χ2v) is 6.20. The summed E-state index contributed by atoms with van der Waals surface area (Å²) in [6.45, 7) is 5.10. The van der Waals surface area contributed by atoms with Crippen LogP contribution in [0.1, 0.15) is 19.1 Å². The Balaban J connectivity index is 1.58. The van der Waals surface area contributed by atoms with Crippen LogP contribution in [0.15, 0.2) is 34.9 Å². The Hall–Kier alpha value is -2.15. The predicted molar refractivity (Wildman–Crippen MR) is 94.9 cm³/mol. The maximum Gasteiger partial charge on any atom is 0.235 e. The van der Waals surface area contributed by atoms with E-state index in [-0.39, 0.29) is 5.91 Å². The number of carbonyl (C=O) groups excluding carboxylic acids is 1. The first-order valence-corrected chi connectivity index (χ1v) is 8.99. The standard InChI is InChI=1S/C17H22N2O4S/c1-3-8-21-14-4-6-15(7-5-14)22-9-10-24-12-17(20)18-16-11-13(2)23-19-16/h4-7,11H,3,8-10,12H2,1-2H3,(H,18,19,20). The summed E-state index contributed by atoms with van der Waals surface area (Å²) in [6, 6.07) is 9.24. The highest BCUT2D eigenvalue weighted by molar-refractivity contribution is 7.99. The summed E-state index contributed by atoms with van der Waals surface area (Å²) in [7, 11) is 0. The van der Waals surface area contributed by atoms with Crippen molar-refractivity contribution in [2.24, 2.45) is 0 Å². The Morgan fingerprint density at radius 3 is 2.46 bits per heavy atom. The Morgan fingerprint density at radius 1 is 1.21 bits per heavy atom. The van der Waals surface area contributed by atoms with Gasteiger partial charge in [0.2, 0.25) is 5.91 Å². The molecule has 0 radical (unpaired) electrons. The third kappa shape index (κ3) is 6.54. The fraction of sp³-hybridized carbons (Fsp3) is 0.412. The Kier molecular flexibility index (Phi) is 7.48. The molecule has 0 aliphatic rings. The van der Waals surface area contributed by atoms with Crippen molar-refractivity contribution in [2.75, 3.05) is 30.0 Å². The fourth-order valence-corrected chi connectivity index (χ4v) is 2.44. The summed E-state index contributed by atoms with van der Waals surface area (Å²) in [5.74, 6) is 3.71. The van der Waals surface area contributed by atoms with E-state index in [0.29, 0.717) is 30.5 Å². The molecule has 2 aromatic rings. The number of hydrogen-bond acceptors (Lipinski definition) is 6. The molecule has 1 aromatic carbocycles. The topological polar surface area (TPSA) is 73.6 Å². The van der Waals surface area contributed by atoms with Crippen molar-refractivity contribution < 1.29 is 18.8 Å². The minimum Gasteiger partial charge on any atom is -0.494 e. The molecule has 7 heteroatoms. The maximum absolute atomic E-state index is 11.7. The Morgan fingerprint density at radius 2 is 1.88 bits per heavy atom. The van der Waals surface area contributed by atoms with Gasteiger partial charge >= 0.3 is 0 Å². The van der Waals surface area contributed by atoms with Gasteiger partial charge in [-0.05, 0) is 37.6 Å². The summed E-state index contributed by atoms with van der Waals surface area (Å²) in [5, 5.41) is 6.39. The molecule has 0 fully saturated rings. The zero-order valence-corrected chi connectivity index (χ0v) is 14.7. The second kappa shape index (κ2) is 9.87. The van der Waals surface area contributed by atoms with Crippen LogP contribution in [-0.2, 0) is 4.79 Å². The molecule has 0 spiro atoms. The lowest BCUT2D eigenvalue weighted by Gasteiger charge is -2.08. The molecule has 1 amide bonds. The van der Waals surface area contributed by atoms with Crippen LogP contribution in [0, 0.1) is 6.92 Å². The average molecular weight is 350 g/mol. The molecule has 1 aromatic heterocycles. The molecule has 24 heavy (non-hydrogen) atoms. The van der Waals surface area contributed by atoms with Crippen molar-refractivity contribution in [3.8, 4) is 11.5 Å². The molecule has 130 valence electrons. The number of aromatic nitrogens is 1. The van der Waals surface area contributed by atoms with E-state index in [1.807, 2.05) is 24.3 Å². The lowest BCUT2D eigenvalue weighted by atomic mass is 10.3. The van der Waals surface area contributed by atoms with Gasteiger partial charge in [-0.25, -0.2) is 0 Å². The molecule has 0 aliphatic carbocycles. The number of rotatable bonds is 10. The van der Waals surface area contributed by atoms with E-state index in [4.69, 9.17) is 14.0 Å². The molecule has 0 bridgehead atoms. The van der Waals surface area contributed by atoms with Gasteiger partial charge in [0.05, 0.1) is 19.0 Å². The van der Waals surface area contributed by atoms with Gasteiger partial charge in [0.1, 0.15) is 17.3 Å². The first-order chi connectivity index (χ1) is 11.7. The van der Waals surface area contributed by atoms with Gasteiger partial charge in [-0.2, -0.15) is 0 Å². The number of hydrogen-bond donors (Lipinski definition) is 1. The maximum atomic E-state index is 11.7. The minimum atomic E-state index is -0.106. The van der Waals surface area contributed by atoms with Crippen molar-refractivity contribution in [1.29, 1.82) is 0 Å². The minimum absolute atomic E-state index is 0.106. The largest absolute Gasteiger partial charge is 0.494 e. The summed E-state index contributed by atoms with van der Waals surface area (Å²) in [5.41, 5.74) is 0. The molecule has 1 heterocycles. The Bertz CT molecular complexity index is 628. The summed E-state index contributed by atoms with van der Waals surface area (Å²) in [4.78, 5) is 11.7. The van der Waals surface area contributed by atoms with Gasteiger partial charge < -0.3 is 19.3 Å². The molecule has 6 nitrogen and oxygen atoms in total. The summed E-state index contributed by atoms with van der Waals surface area (Å²) >= 11 is 1.50. The number of ether oxygens (including phenoxy) is 2. The molecular formula is C17H22N2O4S. The number of aryl methyl sites for hydroxylation is 1. The number of carbonyl (C=O) groups is 1. The van der Waals surface area contributed by atoms with E-state index in [2.05, 4.69) is 17.4 Å². The molecule has 0 atom stereocenters. The van der Waals surface area contributed by atoms with Crippen LogP contribution in [0.25, 0.3) is 0 Å². The second-order valence-electron chi connectivity index (χ2n) is 5.09. The van der Waals surface area contributed by atoms with Gasteiger partial charge in [-0.15, -0.1) is 11.8 Å². The number of benzene rings is 1. The van der Waals surface area contributed by atoms with Crippen LogP contribution in [0.2, 0.25) is 0 Å². The van der Waals surface area contributed by atoms with Crippen molar-refractivity contribution in [3.63, 3.8) is 0 Å². The van der Waals surface area contributed by atoms with E-state index >= 15 is 0 Å². The van der Waals surface area contributed by atoms with Crippen LogP contribution in [0.4, 0.5) is 5.82 Å². The zero-order chi connectivity index (χ0) is 17.2. The van der Waals surface area contributed by atoms with E-state index in [1.54, 1.807) is 13.0 Å². The average Bonchev–Trinajstić information content (AvgIpc) is 2.98. The Labute approximate surface area is 145 Å². The van der Waals surface area contributed by atoms with Crippen LogP contribution in [-0.4, -0.2) is 35.8 Å². The number of anilines is 1. The van der Waals surface area contributed by atoms with E-state index in [0.717, 1.165) is 23.7 Å². The quantitative estimate of drug-likeness (QED) is 0.661. The van der Waals surface area contributed by atoms with Crippen LogP contribution in [0.3, 0.4) is 0 Å². The number of amides is 1. The highest BCUT2D eigenvalue weighted by atomic mass is 32.2. The molecule has 1 N–H and O–H groups in total. The highest BCUT2D eigenvalue weighted by Gasteiger charge is 2.06. The summed E-state index contributed by atoms with van der Waals surface area (Å²) < 4.78 is 16.0. The molecule has 0 aliphatic heterocycles. The lowest BCUT2D eigenvalue weighted by Crippen LogP contribution is -2.15. The molecule has 2 rings (SSSR count). The number of nitrogens with one attached hydrogen (secondary N) is 1. The smallest absolute Gasteiger partial charge is 0.235 e. The van der Waals surface area contributed by atoms with Crippen molar-refractivity contribution >= 4 is 23.5 Å². The van der Waals surface area contributed by atoms with Gasteiger partial charge in [0.25, 0.3) is 0 Å². The molecular weight excluding hydrogens is 328 g/mol. The fourth-order valence-electron chi connectivity index (χ4n) is 1.84. The van der Waals surface area contributed by atoms with Gasteiger partial charge in [0.15, 0.2) is 5.82 Å². The SMILES string of the molecule is CCCOc1ccc(OCCSCC(=O)Nc2cc(C)on2)cc1. The monoisotopic (exact) mass is 350 g/mol.